The number of amides is 2. The lowest BCUT2D eigenvalue weighted by Crippen LogP contribution is -2.33. The fourth-order valence-electron chi connectivity index (χ4n) is 2.75. The summed E-state index contributed by atoms with van der Waals surface area (Å²) < 4.78 is 14.3. The quantitative estimate of drug-likeness (QED) is 0.784. The monoisotopic (exact) mass is 414 g/mol. The zero-order valence-corrected chi connectivity index (χ0v) is 15.4. The number of hydrogen-bond donors (Lipinski definition) is 1. The summed E-state index contributed by atoms with van der Waals surface area (Å²) in [5, 5.41) is 2.70. The van der Waals surface area contributed by atoms with Gasteiger partial charge in [0.05, 0.1) is 18.0 Å². The summed E-state index contributed by atoms with van der Waals surface area (Å²) in [6.07, 6.45) is 0.166. The van der Waals surface area contributed by atoms with Gasteiger partial charge in [0.1, 0.15) is 5.82 Å². The lowest BCUT2D eigenvalue weighted by molar-refractivity contribution is -0.126. The van der Waals surface area contributed by atoms with Crippen LogP contribution < -0.4 is 10.2 Å². The van der Waals surface area contributed by atoms with E-state index in [1.54, 1.807) is 23.1 Å². The molecular formula is C20H16BrFN2O2. The second-order valence-electron chi connectivity index (χ2n) is 5.88. The minimum absolute atomic E-state index is 0.0827. The van der Waals surface area contributed by atoms with Crippen LogP contribution in [0.3, 0.4) is 0 Å². The predicted octanol–water partition coefficient (Wildman–Crippen LogP) is 3.11. The van der Waals surface area contributed by atoms with E-state index in [0.29, 0.717) is 12.1 Å². The van der Waals surface area contributed by atoms with Crippen molar-refractivity contribution in [3.8, 4) is 11.8 Å². The molecule has 0 spiro atoms. The molecule has 132 valence electrons. The maximum Gasteiger partial charge on any atom is 0.227 e. The Kier molecular flexibility index (Phi) is 5.69. The van der Waals surface area contributed by atoms with Gasteiger partial charge in [-0.25, -0.2) is 4.39 Å². The Labute approximate surface area is 159 Å². The van der Waals surface area contributed by atoms with E-state index in [2.05, 4.69) is 33.1 Å². The van der Waals surface area contributed by atoms with Crippen LogP contribution in [0.15, 0.2) is 53.0 Å². The van der Waals surface area contributed by atoms with E-state index < -0.39 is 11.7 Å². The molecule has 1 aliphatic heterocycles. The summed E-state index contributed by atoms with van der Waals surface area (Å²) in [4.78, 5) is 26.1. The van der Waals surface area contributed by atoms with Gasteiger partial charge < -0.3 is 10.2 Å². The highest BCUT2D eigenvalue weighted by Crippen LogP contribution is 2.27. The first-order valence-electron chi connectivity index (χ1n) is 8.11. The van der Waals surface area contributed by atoms with E-state index >= 15 is 0 Å². The number of anilines is 1. The molecule has 0 saturated carbocycles. The number of rotatable bonds is 3. The standard InChI is InChI=1S/C20H16BrFN2O2/c21-16-7-3-8-17(12-16)24-13-15(11-19(24)25)20(26)23-10-4-6-14-5-1-2-9-18(14)22/h1-3,5,7-9,12,15H,10-11,13H2,(H,23,26). The summed E-state index contributed by atoms with van der Waals surface area (Å²) >= 11 is 3.38. The van der Waals surface area contributed by atoms with Crippen LogP contribution in [0.5, 0.6) is 0 Å². The Balaban J connectivity index is 1.56. The largest absolute Gasteiger partial charge is 0.345 e. The summed E-state index contributed by atoms with van der Waals surface area (Å²) in [5.41, 5.74) is 1.05. The van der Waals surface area contributed by atoms with Gasteiger partial charge in [-0.15, -0.1) is 0 Å². The van der Waals surface area contributed by atoms with E-state index in [1.807, 2.05) is 24.3 Å². The highest BCUT2D eigenvalue weighted by Gasteiger charge is 2.34. The number of carbonyl (C=O) groups is 2. The molecule has 1 aliphatic rings. The SMILES string of the molecule is O=C(NCC#Cc1ccccc1F)C1CC(=O)N(c2cccc(Br)c2)C1. The molecule has 1 atom stereocenters. The molecular weight excluding hydrogens is 399 g/mol. The first kappa shape index (κ1) is 18.2. The third kappa shape index (κ3) is 4.30. The fraction of sp³-hybridized carbons (Fsp3) is 0.200. The van der Waals surface area contributed by atoms with Crippen LogP contribution >= 0.6 is 15.9 Å². The maximum atomic E-state index is 13.5. The Hall–Kier alpha value is -2.65. The molecule has 4 nitrogen and oxygen atoms in total. The lowest BCUT2D eigenvalue weighted by Gasteiger charge is -2.16. The van der Waals surface area contributed by atoms with Crippen LogP contribution in [0.2, 0.25) is 0 Å². The summed E-state index contributed by atoms with van der Waals surface area (Å²) in [6, 6.07) is 13.6. The van der Waals surface area contributed by atoms with Crippen molar-refractivity contribution in [1.82, 2.24) is 5.32 Å². The van der Waals surface area contributed by atoms with Crippen LogP contribution in [-0.2, 0) is 9.59 Å². The van der Waals surface area contributed by atoms with Gasteiger partial charge in [-0.3, -0.25) is 9.59 Å². The summed E-state index contributed by atoms with van der Waals surface area (Å²) in [6.45, 7) is 0.441. The van der Waals surface area contributed by atoms with Crippen molar-refractivity contribution in [3.63, 3.8) is 0 Å². The molecule has 26 heavy (non-hydrogen) atoms. The van der Waals surface area contributed by atoms with Crippen molar-refractivity contribution in [2.45, 2.75) is 6.42 Å². The van der Waals surface area contributed by atoms with Gasteiger partial charge in [0.15, 0.2) is 0 Å². The topological polar surface area (TPSA) is 49.4 Å². The minimum Gasteiger partial charge on any atom is -0.345 e. The highest BCUT2D eigenvalue weighted by atomic mass is 79.9. The van der Waals surface area contributed by atoms with E-state index in [1.165, 1.54) is 6.07 Å². The van der Waals surface area contributed by atoms with Crippen LogP contribution in [0.4, 0.5) is 10.1 Å². The molecule has 2 aromatic rings. The second-order valence-corrected chi connectivity index (χ2v) is 6.80. The molecule has 6 heteroatoms. The fourth-order valence-corrected chi connectivity index (χ4v) is 3.14. The van der Waals surface area contributed by atoms with Crippen molar-refractivity contribution in [2.75, 3.05) is 18.0 Å². The van der Waals surface area contributed by atoms with Crippen molar-refractivity contribution >= 4 is 33.4 Å². The zero-order valence-electron chi connectivity index (χ0n) is 13.8. The van der Waals surface area contributed by atoms with Gasteiger partial charge in [-0.05, 0) is 30.3 Å². The van der Waals surface area contributed by atoms with Gasteiger partial charge in [0.25, 0.3) is 0 Å². The predicted molar refractivity (Wildman–Crippen MR) is 101 cm³/mol. The Morgan fingerprint density at radius 1 is 1.27 bits per heavy atom. The molecule has 1 N–H and O–H groups in total. The Bertz CT molecular complexity index is 904. The van der Waals surface area contributed by atoms with Crippen LogP contribution in [0.25, 0.3) is 0 Å². The number of hydrogen-bond acceptors (Lipinski definition) is 2. The third-order valence-electron chi connectivity index (χ3n) is 4.06. The number of halogens is 2. The first-order chi connectivity index (χ1) is 12.5. The first-order valence-corrected chi connectivity index (χ1v) is 8.91. The van der Waals surface area contributed by atoms with Gasteiger partial charge in [-0.2, -0.15) is 0 Å². The number of carbonyl (C=O) groups excluding carboxylic acids is 2. The molecule has 1 fully saturated rings. The normalized spacial score (nSPS) is 16.2. The molecule has 0 radical (unpaired) electrons. The molecule has 0 aromatic heterocycles. The van der Waals surface area contributed by atoms with Gasteiger partial charge in [0, 0.05) is 23.1 Å². The average Bonchev–Trinajstić information content (AvgIpc) is 3.02. The minimum atomic E-state index is -0.420. The van der Waals surface area contributed by atoms with Gasteiger partial charge in [-0.1, -0.05) is 46.0 Å². The van der Waals surface area contributed by atoms with E-state index in [9.17, 15) is 14.0 Å². The van der Waals surface area contributed by atoms with Crippen LogP contribution in [-0.4, -0.2) is 24.9 Å². The molecule has 2 aromatic carbocycles. The van der Waals surface area contributed by atoms with Crippen molar-refractivity contribution in [2.24, 2.45) is 5.92 Å². The smallest absolute Gasteiger partial charge is 0.227 e. The third-order valence-corrected chi connectivity index (χ3v) is 4.56. The highest BCUT2D eigenvalue weighted by molar-refractivity contribution is 9.10. The van der Waals surface area contributed by atoms with Gasteiger partial charge in [0.2, 0.25) is 11.8 Å². The summed E-state index contributed by atoms with van der Waals surface area (Å²) in [7, 11) is 0. The van der Waals surface area contributed by atoms with Crippen molar-refractivity contribution in [3.05, 3.63) is 64.4 Å². The van der Waals surface area contributed by atoms with Crippen molar-refractivity contribution < 1.29 is 14.0 Å². The lowest BCUT2D eigenvalue weighted by atomic mass is 10.1. The number of benzene rings is 2. The molecule has 0 aliphatic carbocycles. The van der Waals surface area contributed by atoms with Gasteiger partial charge >= 0.3 is 0 Å². The Morgan fingerprint density at radius 2 is 2.08 bits per heavy atom. The zero-order chi connectivity index (χ0) is 18.5. The van der Waals surface area contributed by atoms with E-state index in [0.717, 1.165) is 10.2 Å². The molecule has 1 saturated heterocycles. The van der Waals surface area contributed by atoms with E-state index in [-0.39, 0.29) is 24.8 Å². The molecule has 0 bridgehead atoms. The Morgan fingerprint density at radius 3 is 2.85 bits per heavy atom. The van der Waals surface area contributed by atoms with Crippen molar-refractivity contribution in [1.29, 1.82) is 0 Å². The van der Waals surface area contributed by atoms with Crippen LogP contribution in [0.1, 0.15) is 12.0 Å². The second kappa shape index (κ2) is 8.15. The summed E-state index contributed by atoms with van der Waals surface area (Å²) in [5.74, 6) is 4.30. The molecule has 1 heterocycles. The van der Waals surface area contributed by atoms with E-state index in [4.69, 9.17) is 0 Å². The molecule has 1 unspecified atom stereocenters. The number of nitrogens with zero attached hydrogens (tertiary/aromatic N) is 1. The number of nitrogens with one attached hydrogen (secondary N) is 1. The maximum absolute atomic E-state index is 13.5. The molecule has 3 rings (SSSR count). The van der Waals surface area contributed by atoms with Crippen LogP contribution in [0, 0.1) is 23.6 Å². The average molecular weight is 415 g/mol. The molecule has 2 amide bonds.